The Bertz CT molecular complexity index is 289. The number of rotatable bonds is 7. The molecule has 0 bridgehead atoms. The summed E-state index contributed by atoms with van der Waals surface area (Å²) in [5, 5.41) is 2.43. The van der Waals surface area contributed by atoms with E-state index >= 15 is 0 Å². The number of sulfone groups is 1. The predicted octanol–water partition coefficient (Wildman–Crippen LogP) is -1.49. The Morgan fingerprint density at radius 1 is 1.53 bits per heavy atom. The molecule has 0 radical (unpaired) electrons. The number of methoxy groups -OCH3 is 1. The molecule has 3 N–H and O–H groups in total. The highest BCUT2D eigenvalue weighted by Crippen LogP contribution is 1.87. The maximum Gasteiger partial charge on any atom is 0.239 e. The van der Waals surface area contributed by atoms with Gasteiger partial charge in [-0.15, -0.1) is 0 Å². The molecule has 0 aromatic heterocycles. The van der Waals surface area contributed by atoms with Crippen molar-refractivity contribution in [2.45, 2.75) is 13.0 Å². The van der Waals surface area contributed by atoms with Gasteiger partial charge in [-0.25, -0.2) is 8.42 Å². The van der Waals surface area contributed by atoms with Crippen molar-refractivity contribution >= 4 is 15.7 Å². The molecule has 1 amide bonds. The standard InChI is InChI=1S/C8H18N2O4S/c1-3-15(12,13)5-4-10-8(11)7(9)6-14-2/h7H,3-6,9H2,1-2H3,(H,10,11). The van der Waals surface area contributed by atoms with E-state index in [1.165, 1.54) is 7.11 Å². The summed E-state index contributed by atoms with van der Waals surface area (Å²) in [6.07, 6.45) is 0. The van der Waals surface area contributed by atoms with E-state index in [0.29, 0.717) is 0 Å². The minimum atomic E-state index is -3.04. The second-order valence-corrected chi connectivity index (χ2v) is 5.56. The fourth-order valence-electron chi connectivity index (χ4n) is 0.860. The first-order valence-corrected chi connectivity index (χ1v) is 6.47. The second kappa shape index (κ2) is 6.76. The maximum absolute atomic E-state index is 11.2. The van der Waals surface area contributed by atoms with Gasteiger partial charge >= 0.3 is 0 Å². The van der Waals surface area contributed by atoms with Crippen molar-refractivity contribution in [1.82, 2.24) is 5.32 Å². The lowest BCUT2D eigenvalue weighted by Crippen LogP contribution is -2.44. The van der Waals surface area contributed by atoms with E-state index in [9.17, 15) is 13.2 Å². The first-order chi connectivity index (χ1) is 6.93. The molecule has 0 aliphatic heterocycles. The fourth-order valence-corrected chi connectivity index (χ4v) is 1.56. The van der Waals surface area contributed by atoms with Crippen molar-refractivity contribution < 1.29 is 17.9 Å². The number of carbonyl (C=O) groups excluding carboxylic acids is 1. The van der Waals surface area contributed by atoms with E-state index in [1.54, 1.807) is 6.92 Å². The summed E-state index contributed by atoms with van der Waals surface area (Å²) in [5.74, 6) is -0.384. The van der Waals surface area contributed by atoms with Crippen LogP contribution in [0, 0.1) is 0 Å². The van der Waals surface area contributed by atoms with Crippen LogP contribution in [0.15, 0.2) is 0 Å². The van der Waals surface area contributed by atoms with Gasteiger partial charge in [0.2, 0.25) is 5.91 Å². The fraction of sp³-hybridized carbons (Fsp3) is 0.875. The highest BCUT2D eigenvalue weighted by atomic mass is 32.2. The molecular formula is C8H18N2O4S. The van der Waals surface area contributed by atoms with Crippen LogP contribution < -0.4 is 11.1 Å². The lowest BCUT2D eigenvalue weighted by molar-refractivity contribution is -0.123. The van der Waals surface area contributed by atoms with Crippen LogP contribution in [0.5, 0.6) is 0 Å². The molecule has 90 valence electrons. The molecule has 0 fully saturated rings. The predicted molar refractivity (Wildman–Crippen MR) is 57.2 cm³/mol. The van der Waals surface area contributed by atoms with E-state index < -0.39 is 21.8 Å². The third-order valence-electron chi connectivity index (χ3n) is 1.84. The number of hydrogen-bond acceptors (Lipinski definition) is 5. The van der Waals surface area contributed by atoms with Crippen LogP contribution in [-0.4, -0.2) is 52.1 Å². The molecule has 1 unspecified atom stereocenters. The minimum absolute atomic E-state index is 0.0606. The summed E-state index contributed by atoms with van der Waals surface area (Å²) in [6, 6.07) is -0.751. The van der Waals surface area contributed by atoms with Gasteiger partial charge in [0, 0.05) is 19.4 Å². The Labute approximate surface area is 90.1 Å². The summed E-state index contributed by atoms with van der Waals surface area (Å²) in [5.41, 5.74) is 5.42. The second-order valence-electron chi connectivity index (χ2n) is 3.09. The first kappa shape index (κ1) is 14.3. The zero-order valence-corrected chi connectivity index (χ0v) is 9.84. The molecule has 0 aromatic rings. The van der Waals surface area contributed by atoms with E-state index in [2.05, 4.69) is 10.1 Å². The van der Waals surface area contributed by atoms with Crippen molar-refractivity contribution in [3.05, 3.63) is 0 Å². The molecule has 0 saturated heterocycles. The van der Waals surface area contributed by atoms with Crippen molar-refractivity contribution in [3.63, 3.8) is 0 Å². The largest absolute Gasteiger partial charge is 0.383 e. The average molecular weight is 238 g/mol. The Morgan fingerprint density at radius 3 is 2.60 bits per heavy atom. The highest BCUT2D eigenvalue weighted by molar-refractivity contribution is 7.91. The molecule has 0 aromatic carbocycles. The van der Waals surface area contributed by atoms with Crippen LogP contribution in [-0.2, 0) is 19.4 Å². The summed E-state index contributed by atoms with van der Waals surface area (Å²) in [6.45, 7) is 1.77. The average Bonchev–Trinajstić information content (AvgIpc) is 2.18. The van der Waals surface area contributed by atoms with E-state index in [1.807, 2.05) is 0 Å². The van der Waals surface area contributed by atoms with Gasteiger partial charge in [0.1, 0.15) is 6.04 Å². The zero-order chi connectivity index (χ0) is 11.9. The van der Waals surface area contributed by atoms with E-state index in [0.717, 1.165) is 0 Å². The number of ether oxygens (including phenoxy) is 1. The minimum Gasteiger partial charge on any atom is -0.383 e. The Balaban J connectivity index is 3.82. The van der Waals surface area contributed by atoms with Crippen molar-refractivity contribution in [3.8, 4) is 0 Å². The lowest BCUT2D eigenvalue weighted by Gasteiger charge is -2.10. The van der Waals surface area contributed by atoms with Crippen molar-refractivity contribution in [1.29, 1.82) is 0 Å². The molecule has 0 aliphatic rings. The van der Waals surface area contributed by atoms with Crippen LogP contribution in [0.2, 0.25) is 0 Å². The van der Waals surface area contributed by atoms with Gasteiger partial charge < -0.3 is 15.8 Å². The number of amides is 1. The molecular weight excluding hydrogens is 220 g/mol. The number of nitrogens with two attached hydrogens (primary N) is 1. The Morgan fingerprint density at radius 2 is 2.13 bits per heavy atom. The molecule has 0 saturated carbocycles. The summed E-state index contributed by atoms with van der Waals surface area (Å²) >= 11 is 0. The van der Waals surface area contributed by atoms with Gasteiger partial charge in [-0.1, -0.05) is 6.92 Å². The van der Waals surface area contributed by atoms with Crippen LogP contribution in [0.4, 0.5) is 0 Å². The number of hydrogen-bond donors (Lipinski definition) is 2. The van der Waals surface area contributed by atoms with Gasteiger partial charge in [-0.3, -0.25) is 4.79 Å². The lowest BCUT2D eigenvalue weighted by atomic mass is 10.3. The molecule has 1 atom stereocenters. The normalized spacial score (nSPS) is 13.5. The zero-order valence-electron chi connectivity index (χ0n) is 9.02. The molecule has 0 spiro atoms. The third-order valence-corrected chi connectivity index (χ3v) is 3.54. The van der Waals surface area contributed by atoms with Crippen LogP contribution in [0.25, 0.3) is 0 Å². The van der Waals surface area contributed by atoms with Gasteiger partial charge in [-0.05, 0) is 0 Å². The molecule has 15 heavy (non-hydrogen) atoms. The molecule has 0 aliphatic carbocycles. The van der Waals surface area contributed by atoms with E-state index in [-0.39, 0.29) is 24.7 Å². The summed E-state index contributed by atoms with van der Waals surface area (Å²) in [4.78, 5) is 11.2. The summed E-state index contributed by atoms with van der Waals surface area (Å²) < 4.78 is 26.8. The van der Waals surface area contributed by atoms with Crippen LogP contribution in [0.3, 0.4) is 0 Å². The van der Waals surface area contributed by atoms with Gasteiger partial charge in [0.15, 0.2) is 9.84 Å². The Kier molecular flexibility index (Phi) is 6.46. The number of nitrogens with one attached hydrogen (secondary N) is 1. The molecule has 0 heterocycles. The van der Waals surface area contributed by atoms with E-state index in [4.69, 9.17) is 5.73 Å². The number of carbonyl (C=O) groups is 1. The van der Waals surface area contributed by atoms with Gasteiger partial charge in [-0.2, -0.15) is 0 Å². The smallest absolute Gasteiger partial charge is 0.239 e. The third kappa shape index (κ3) is 6.43. The molecule has 7 heteroatoms. The Hall–Kier alpha value is -0.660. The van der Waals surface area contributed by atoms with Crippen molar-refractivity contribution in [2.75, 3.05) is 31.8 Å². The topological polar surface area (TPSA) is 98.5 Å². The monoisotopic (exact) mass is 238 g/mol. The van der Waals surface area contributed by atoms with Gasteiger partial charge in [0.05, 0.1) is 12.4 Å². The molecule has 0 rings (SSSR count). The summed E-state index contributed by atoms with van der Waals surface area (Å²) in [7, 11) is -1.60. The van der Waals surface area contributed by atoms with Crippen molar-refractivity contribution in [2.24, 2.45) is 5.73 Å². The van der Waals surface area contributed by atoms with Gasteiger partial charge in [0.25, 0.3) is 0 Å². The van der Waals surface area contributed by atoms with Crippen LogP contribution >= 0.6 is 0 Å². The maximum atomic E-state index is 11.2. The first-order valence-electron chi connectivity index (χ1n) is 4.65. The van der Waals surface area contributed by atoms with Crippen LogP contribution in [0.1, 0.15) is 6.92 Å². The SMILES string of the molecule is CCS(=O)(=O)CCNC(=O)C(N)COC. The highest BCUT2D eigenvalue weighted by Gasteiger charge is 2.13. The quantitative estimate of drug-likeness (QED) is 0.563. The molecule has 6 nitrogen and oxygen atoms in total.